The third-order valence-corrected chi connectivity index (χ3v) is 2.24. The molecule has 1 heterocycles. The third kappa shape index (κ3) is 4.55. The van der Waals surface area contributed by atoms with Crippen LogP contribution in [-0.4, -0.2) is 61.4 Å². The SMILES string of the molecule is CC(CN1CCOCC1)NCC(=O)O. The molecule has 5 heteroatoms. The van der Waals surface area contributed by atoms with E-state index in [1.807, 2.05) is 6.92 Å². The lowest BCUT2D eigenvalue weighted by Crippen LogP contribution is -2.45. The van der Waals surface area contributed by atoms with Gasteiger partial charge in [-0.15, -0.1) is 0 Å². The van der Waals surface area contributed by atoms with E-state index in [2.05, 4.69) is 10.2 Å². The van der Waals surface area contributed by atoms with E-state index in [9.17, 15) is 4.79 Å². The lowest BCUT2D eigenvalue weighted by Gasteiger charge is -2.29. The van der Waals surface area contributed by atoms with Crippen LogP contribution in [0.2, 0.25) is 0 Å². The lowest BCUT2D eigenvalue weighted by atomic mass is 10.3. The van der Waals surface area contributed by atoms with Crippen molar-refractivity contribution in [2.24, 2.45) is 0 Å². The molecule has 1 saturated heterocycles. The van der Waals surface area contributed by atoms with Gasteiger partial charge in [0.2, 0.25) is 0 Å². The predicted molar refractivity (Wildman–Crippen MR) is 52.4 cm³/mol. The summed E-state index contributed by atoms with van der Waals surface area (Å²) in [6.45, 7) is 6.37. The Morgan fingerprint density at radius 2 is 2.21 bits per heavy atom. The fourth-order valence-electron chi connectivity index (χ4n) is 1.50. The maximum atomic E-state index is 10.3. The molecule has 1 fully saturated rings. The minimum Gasteiger partial charge on any atom is -0.480 e. The smallest absolute Gasteiger partial charge is 0.317 e. The highest BCUT2D eigenvalue weighted by Gasteiger charge is 2.13. The second-order valence-electron chi connectivity index (χ2n) is 3.59. The fraction of sp³-hybridized carbons (Fsp3) is 0.889. The summed E-state index contributed by atoms with van der Waals surface area (Å²) in [6.07, 6.45) is 0. The van der Waals surface area contributed by atoms with Crippen molar-refractivity contribution in [1.29, 1.82) is 0 Å². The number of carbonyl (C=O) groups is 1. The molecular weight excluding hydrogens is 184 g/mol. The Balaban J connectivity index is 2.11. The first-order valence-electron chi connectivity index (χ1n) is 4.94. The van der Waals surface area contributed by atoms with Crippen LogP contribution in [-0.2, 0) is 9.53 Å². The molecular formula is C9H18N2O3. The lowest BCUT2D eigenvalue weighted by molar-refractivity contribution is -0.136. The number of morpholine rings is 1. The molecule has 1 rings (SSSR count). The number of rotatable bonds is 5. The number of nitrogens with zero attached hydrogens (tertiary/aromatic N) is 1. The summed E-state index contributed by atoms with van der Waals surface area (Å²) in [5.74, 6) is -0.807. The highest BCUT2D eigenvalue weighted by Crippen LogP contribution is 1.97. The van der Waals surface area contributed by atoms with E-state index in [0.29, 0.717) is 0 Å². The molecule has 0 aromatic rings. The number of carboxylic acid groups (broad SMARTS) is 1. The maximum absolute atomic E-state index is 10.3. The first kappa shape index (κ1) is 11.4. The summed E-state index contributed by atoms with van der Waals surface area (Å²) in [6, 6.07) is 0.212. The van der Waals surface area contributed by atoms with Gasteiger partial charge < -0.3 is 15.2 Å². The van der Waals surface area contributed by atoms with Gasteiger partial charge in [0.25, 0.3) is 0 Å². The van der Waals surface area contributed by atoms with Crippen LogP contribution in [0.25, 0.3) is 0 Å². The molecule has 1 aliphatic heterocycles. The monoisotopic (exact) mass is 202 g/mol. The van der Waals surface area contributed by atoms with Crippen molar-refractivity contribution in [3.8, 4) is 0 Å². The highest BCUT2D eigenvalue weighted by atomic mass is 16.5. The van der Waals surface area contributed by atoms with Crippen molar-refractivity contribution >= 4 is 5.97 Å². The molecule has 1 unspecified atom stereocenters. The Morgan fingerprint density at radius 3 is 2.79 bits per heavy atom. The number of nitrogens with one attached hydrogen (secondary N) is 1. The number of hydrogen-bond acceptors (Lipinski definition) is 4. The van der Waals surface area contributed by atoms with Crippen molar-refractivity contribution in [1.82, 2.24) is 10.2 Å². The van der Waals surface area contributed by atoms with Crippen LogP contribution in [0.4, 0.5) is 0 Å². The largest absolute Gasteiger partial charge is 0.480 e. The van der Waals surface area contributed by atoms with Crippen molar-refractivity contribution < 1.29 is 14.6 Å². The quantitative estimate of drug-likeness (QED) is 0.622. The van der Waals surface area contributed by atoms with E-state index in [4.69, 9.17) is 9.84 Å². The zero-order valence-corrected chi connectivity index (χ0v) is 8.53. The van der Waals surface area contributed by atoms with Gasteiger partial charge in [-0.05, 0) is 6.92 Å². The Labute approximate surface area is 84.0 Å². The molecule has 0 saturated carbocycles. The van der Waals surface area contributed by atoms with Crippen molar-refractivity contribution in [2.45, 2.75) is 13.0 Å². The van der Waals surface area contributed by atoms with Gasteiger partial charge in [0.05, 0.1) is 19.8 Å². The van der Waals surface area contributed by atoms with Crippen LogP contribution < -0.4 is 5.32 Å². The van der Waals surface area contributed by atoms with Crippen molar-refractivity contribution in [2.75, 3.05) is 39.4 Å². The number of hydrogen-bond donors (Lipinski definition) is 2. The molecule has 82 valence electrons. The highest BCUT2D eigenvalue weighted by molar-refractivity contribution is 5.69. The summed E-state index contributed by atoms with van der Waals surface area (Å²) in [4.78, 5) is 12.6. The first-order valence-corrected chi connectivity index (χ1v) is 4.94. The average Bonchev–Trinajstić information content (AvgIpc) is 2.16. The molecule has 0 amide bonds. The third-order valence-electron chi connectivity index (χ3n) is 2.24. The van der Waals surface area contributed by atoms with E-state index >= 15 is 0 Å². The molecule has 0 aromatic heterocycles. The standard InChI is InChI=1S/C9H18N2O3/c1-8(10-6-9(12)13)7-11-2-4-14-5-3-11/h8,10H,2-7H2,1H3,(H,12,13). The zero-order valence-electron chi connectivity index (χ0n) is 8.53. The molecule has 0 radical (unpaired) electrons. The van der Waals surface area contributed by atoms with Gasteiger partial charge in [-0.3, -0.25) is 9.69 Å². The van der Waals surface area contributed by atoms with Crippen molar-refractivity contribution in [3.05, 3.63) is 0 Å². The Hall–Kier alpha value is -0.650. The molecule has 5 nitrogen and oxygen atoms in total. The van der Waals surface area contributed by atoms with Crippen LogP contribution in [0.15, 0.2) is 0 Å². The second-order valence-corrected chi connectivity index (χ2v) is 3.59. The fourth-order valence-corrected chi connectivity index (χ4v) is 1.50. The minimum atomic E-state index is -0.807. The topological polar surface area (TPSA) is 61.8 Å². The summed E-state index contributed by atoms with van der Waals surface area (Å²) in [5, 5.41) is 11.4. The molecule has 0 aliphatic carbocycles. The zero-order chi connectivity index (χ0) is 10.4. The summed E-state index contributed by atoms with van der Waals surface area (Å²) >= 11 is 0. The van der Waals surface area contributed by atoms with E-state index < -0.39 is 5.97 Å². The Kier molecular flexibility index (Phi) is 4.86. The summed E-state index contributed by atoms with van der Waals surface area (Å²) in [5.41, 5.74) is 0. The molecule has 0 aromatic carbocycles. The van der Waals surface area contributed by atoms with Gasteiger partial charge >= 0.3 is 5.97 Å². The number of carboxylic acids is 1. The second kappa shape index (κ2) is 5.95. The maximum Gasteiger partial charge on any atom is 0.317 e. The van der Waals surface area contributed by atoms with E-state index in [1.54, 1.807) is 0 Å². The molecule has 1 atom stereocenters. The van der Waals surface area contributed by atoms with Gasteiger partial charge in [-0.25, -0.2) is 0 Å². The van der Waals surface area contributed by atoms with Gasteiger partial charge in [0.1, 0.15) is 0 Å². The summed E-state index contributed by atoms with van der Waals surface area (Å²) in [7, 11) is 0. The Morgan fingerprint density at radius 1 is 1.57 bits per heavy atom. The molecule has 0 spiro atoms. The van der Waals surface area contributed by atoms with Crippen molar-refractivity contribution in [3.63, 3.8) is 0 Å². The molecule has 0 bridgehead atoms. The van der Waals surface area contributed by atoms with Crippen LogP contribution in [0, 0.1) is 0 Å². The Bertz CT molecular complexity index is 181. The minimum absolute atomic E-state index is 0.0332. The van der Waals surface area contributed by atoms with Crippen LogP contribution in [0.1, 0.15) is 6.92 Å². The van der Waals surface area contributed by atoms with Gasteiger partial charge in [-0.1, -0.05) is 0 Å². The van der Waals surface area contributed by atoms with Gasteiger partial charge in [-0.2, -0.15) is 0 Å². The molecule has 2 N–H and O–H groups in total. The van der Waals surface area contributed by atoms with Crippen LogP contribution in [0.5, 0.6) is 0 Å². The summed E-state index contributed by atoms with van der Waals surface area (Å²) < 4.78 is 5.22. The van der Waals surface area contributed by atoms with Gasteiger partial charge in [0, 0.05) is 25.7 Å². The average molecular weight is 202 g/mol. The number of aliphatic carboxylic acids is 1. The van der Waals surface area contributed by atoms with E-state index in [-0.39, 0.29) is 12.6 Å². The molecule has 1 aliphatic rings. The van der Waals surface area contributed by atoms with E-state index in [1.165, 1.54) is 0 Å². The van der Waals surface area contributed by atoms with Crippen LogP contribution in [0.3, 0.4) is 0 Å². The first-order chi connectivity index (χ1) is 6.68. The number of ether oxygens (including phenoxy) is 1. The van der Waals surface area contributed by atoms with Gasteiger partial charge in [0.15, 0.2) is 0 Å². The predicted octanol–water partition coefficient (Wildman–Crippen LogP) is -0.619. The normalized spacial score (nSPS) is 20.6. The van der Waals surface area contributed by atoms with Crippen LogP contribution >= 0.6 is 0 Å². The van der Waals surface area contributed by atoms with E-state index in [0.717, 1.165) is 32.8 Å². The molecule has 14 heavy (non-hydrogen) atoms.